The average Bonchev–Trinajstić information content (AvgIpc) is 3.06. The van der Waals surface area contributed by atoms with Gasteiger partial charge in [0.1, 0.15) is 0 Å². The Morgan fingerprint density at radius 1 is 0.929 bits per heavy atom. The molecule has 0 bridgehead atoms. The number of H-pyrrole nitrogens is 1. The number of para-hydroxylation sites is 1. The van der Waals surface area contributed by atoms with Crippen molar-refractivity contribution < 1.29 is 9.90 Å². The summed E-state index contributed by atoms with van der Waals surface area (Å²) in [6.07, 6.45) is 0. The number of amides is 1. The summed E-state index contributed by atoms with van der Waals surface area (Å²) in [7, 11) is 0. The molecule has 0 radical (unpaired) electrons. The molecule has 3 aromatic carbocycles. The van der Waals surface area contributed by atoms with E-state index in [2.05, 4.69) is 27.3 Å². The molecule has 138 valence electrons. The zero-order valence-electron chi connectivity index (χ0n) is 14.9. The Kier molecular flexibility index (Phi) is 5.21. The van der Waals surface area contributed by atoms with Crippen LogP contribution in [0.1, 0.15) is 15.9 Å². The Hall–Kier alpha value is -3.38. The highest BCUT2D eigenvalue weighted by Crippen LogP contribution is 2.35. The predicted octanol–water partition coefficient (Wildman–Crippen LogP) is 6.09. The summed E-state index contributed by atoms with van der Waals surface area (Å²) >= 11 is 1.74. The van der Waals surface area contributed by atoms with Crippen LogP contribution in [0.2, 0.25) is 0 Å². The van der Waals surface area contributed by atoms with Crippen LogP contribution < -0.4 is 0 Å². The van der Waals surface area contributed by atoms with Gasteiger partial charge in [0.15, 0.2) is 5.69 Å². The van der Waals surface area contributed by atoms with Gasteiger partial charge in [-0.2, -0.15) is 0 Å². The van der Waals surface area contributed by atoms with E-state index in [0.29, 0.717) is 10.9 Å². The predicted molar refractivity (Wildman–Crippen MR) is 111 cm³/mol. The fourth-order valence-electron chi connectivity index (χ4n) is 2.79. The summed E-state index contributed by atoms with van der Waals surface area (Å²) in [5.74, 6) is 0.265. The molecule has 5 nitrogen and oxygen atoms in total. The topological polar surface area (TPSA) is 77.8 Å². The lowest BCUT2D eigenvalue weighted by molar-refractivity contribution is 0.0995. The minimum atomic E-state index is -0.452. The smallest absolute Gasteiger partial charge is 0.295 e. The van der Waals surface area contributed by atoms with Crippen LogP contribution in [0.25, 0.3) is 10.9 Å². The molecule has 0 saturated heterocycles. The Morgan fingerprint density at radius 2 is 1.64 bits per heavy atom. The Balaban J connectivity index is 1.44. The minimum Gasteiger partial charge on any atom is -0.493 e. The molecule has 0 fully saturated rings. The highest BCUT2D eigenvalue weighted by molar-refractivity contribution is 7.98. The first-order chi connectivity index (χ1) is 13.7. The number of hydrogen-bond acceptors (Lipinski definition) is 4. The third kappa shape index (κ3) is 3.97. The molecule has 0 unspecified atom stereocenters. The summed E-state index contributed by atoms with van der Waals surface area (Å²) < 4.78 is 0. The summed E-state index contributed by atoms with van der Waals surface area (Å²) in [6.45, 7) is 0. The SMILES string of the molecule is O=C(N=Nc1c(O)[nH]c2ccccc12)c1ccc(CSc2ccccc2)cc1. The van der Waals surface area contributed by atoms with Crippen molar-refractivity contribution in [1.29, 1.82) is 0 Å². The number of aromatic nitrogens is 1. The standard InChI is InChI=1S/C22H17N3O2S/c26-21(25-24-20-18-8-4-5-9-19(18)23-22(20)27)16-12-10-15(11-13-16)14-28-17-6-2-1-3-7-17/h1-13,23,27H,14H2. The van der Waals surface area contributed by atoms with Crippen molar-refractivity contribution in [1.82, 2.24) is 4.98 Å². The van der Waals surface area contributed by atoms with Gasteiger partial charge in [-0.25, -0.2) is 0 Å². The van der Waals surface area contributed by atoms with Gasteiger partial charge in [0, 0.05) is 21.6 Å². The molecule has 0 saturated carbocycles. The van der Waals surface area contributed by atoms with Crippen LogP contribution in [0, 0.1) is 0 Å². The number of nitrogens with one attached hydrogen (secondary N) is 1. The third-order valence-corrected chi connectivity index (χ3v) is 5.33. The van der Waals surface area contributed by atoms with Gasteiger partial charge in [-0.05, 0) is 35.9 Å². The molecule has 4 rings (SSSR count). The molecular formula is C22H17N3O2S. The lowest BCUT2D eigenvalue weighted by Crippen LogP contribution is -1.94. The number of carbonyl (C=O) groups is 1. The minimum absolute atomic E-state index is 0.106. The number of aromatic hydroxyl groups is 1. The molecule has 4 aromatic rings. The first-order valence-corrected chi connectivity index (χ1v) is 9.72. The van der Waals surface area contributed by atoms with Crippen LogP contribution in [0.15, 0.2) is 94.0 Å². The van der Waals surface area contributed by atoms with E-state index >= 15 is 0 Å². The first-order valence-electron chi connectivity index (χ1n) is 8.73. The van der Waals surface area contributed by atoms with Crippen LogP contribution in [0.5, 0.6) is 5.88 Å². The zero-order valence-corrected chi connectivity index (χ0v) is 15.7. The number of aromatic amines is 1. The molecule has 0 atom stereocenters. The molecular weight excluding hydrogens is 370 g/mol. The molecule has 6 heteroatoms. The number of carbonyl (C=O) groups excluding carboxylic acids is 1. The van der Waals surface area contributed by atoms with Gasteiger partial charge in [-0.3, -0.25) is 4.79 Å². The highest BCUT2D eigenvalue weighted by Gasteiger charge is 2.11. The maximum Gasteiger partial charge on any atom is 0.295 e. The molecule has 1 heterocycles. The highest BCUT2D eigenvalue weighted by atomic mass is 32.2. The van der Waals surface area contributed by atoms with Crippen molar-refractivity contribution in [3.8, 4) is 5.88 Å². The van der Waals surface area contributed by atoms with E-state index in [1.165, 1.54) is 4.90 Å². The van der Waals surface area contributed by atoms with Crippen LogP contribution in [-0.4, -0.2) is 16.0 Å². The Labute approximate surface area is 166 Å². The van der Waals surface area contributed by atoms with Gasteiger partial charge in [-0.15, -0.1) is 22.0 Å². The number of azo groups is 1. The van der Waals surface area contributed by atoms with Crippen molar-refractivity contribution in [2.45, 2.75) is 10.6 Å². The van der Waals surface area contributed by atoms with Gasteiger partial charge in [0.25, 0.3) is 5.91 Å². The molecule has 0 aliphatic carbocycles. The average molecular weight is 387 g/mol. The number of benzene rings is 3. The maximum atomic E-state index is 12.3. The number of fused-ring (bicyclic) bond motifs is 1. The van der Waals surface area contributed by atoms with Crippen molar-refractivity contribution in [3.05, 3.63) is 90.0 Å². The zero-order chi connectivity index (χ0) is 19.3. The number of rotatable bonds is 5. The monoisotopic (exact) mass is 387 g/mol. The van der Waals surface area contributed by atoms with Crippen molar-refractivity contribution in [2.75, 3.05) is 0 Å². The fourth-order valence-corrected chi connectivity index (χ4v) is 3.67. The molecule has 1 amide bonds. The summed E-state index contributed by atoms with van der Waals surface area (Å²) in [5, 5.41) is 18.4. The summed E-state index contributed by atoms with van der Waals surface area (Å²) in [6, 6.07) is 24.8. The van der Waals surface area contributed by atoms with E-state index in [0.717, 1.165) is 16.8 Å². The normalized spacial score (nSPS) is 11.3. The fraction of sp³-hybridized carbons (Fsp3) is 0.0455. The van der Waals surface area contributed by atoms with E-state index in [9.17, 15) is 9.90 Å². The van der Waals surface area contributed by atoms with E-state index in [1.807, 2.05) is 54.6 Å². The van der Waals surface area contributed by atoms with E-state index < -0.39 is 5.91 Å². The van der Waals surface area contributed by atoms with Gasteiger partial charge in [0.05, 0.1) is 5.52 Å². The largest absolute Gasteiger partial charge is 0.493 e. The second kappa shape index (κ2) is 8.10. The number of thioether (sulfide) groups is 1. The van der Waals surface area contributed by atoms with Crippen LogP contribution in [0.4, 0.5) is 5.69 Å². The molecule has 0 aliphatic heterocycles. The Morgan fingerprint density at radius 3 is 2.43 bits per heavy atom. The number of nitrogens with zero attached hydrogens (tertiary/aromatic N) is 2. The summed E-state index contributed by atoms with van der Waals surface area (Å²) in [4.78, 5) is 16.3. The molecule has 28 heavy (non-hydrogen) atoms. The van der Waals surface area contributed by atoms with E-state index in [4.69, 9.17) is 0 Å². The quantitative estimate of drug-likeness (QED) is 0.321. The molecule has 2 N–H and O–H groups in total. The van der Waals surface area contributed by atoms with Crippen molar-refractivity contribution >= 4 is 34.3 Å². The number of hydrogen-bond donors (Lipinski definition) is 2. The van der Waals surface area contributed by atoms with Crippen molar-refractivity contribution in [2.24, 2.45) is 10.2 Å². The Bertz CT molecular complexity index is 1140. The van der Waals surface area contributed by atoms with Gasteiger partial charge in [0.2, 0.25) is 5.88 Å². The second-order valence-corrected chi connectivity index (χ2v) is 7.22. The lowest BCUT2D eigenvalue weighted by atomic mass is 10.1. The van der Waals surface area contributed by atoms with Gasteiger partial charge < -0.3 is 10.1 Å². The second-order valence-electron chi connectivity index (χ2n) is 6.17. The third-order valence-electron chi connectivity index (χ3n) is 4.25. The van der Waals surface area contributed by atoms with Gasteiger partial charge >= 0.3 is 0 Å². The summed E-state index contributed by atoms with van der Waals surface area (Å²) in [5.41, 5.74) is 2.58. The van der Waals surface area contributed by atoms with Crippen LogP contribution in [0.3, 0.4) is 0 Å². The van der Waals surface area contributed by atoms with Crippen LogP contribution >= 0.6 is 11.8 Å². The van der Waals surface area contributed by atoms with Crippen molar-refractivity contribution in [3.63, 3.8) is 0 Å². The van der Waals surface area contributed by atoms with E-state index in [1.54, 1.807) is 23.9 Å². The lowest BCUT2D eigenvalue weighted by Gasteiger charge is -2.02. The van der Waals surface area contributed by atoms with Gasteiger partial charge in [-0.1, -0.05) is 48.5 Å². The molecule has 0 aliphatic rings. The molecule has 0 spiro atoms. The molecule has 1 aromatic heterocycles. The van der Waals surface area contributed by atoms with E-state index in [-0.39, 0.29) is 11.6 Å². The first kappa shape index (κ1) is 18.0. The van der Waals surface area contributed by atoms with Crippen LogP contribution in [-0.2, 0) is 5.75 Å². The maximum absolute atomic E-state index is 12.3.